The van der Waals surface area contributed by atoms with E-state index in [2.05, 4.69) is 36.2 Å². The van der Waals surface area contributed by atoms with Crippen LogP contribution in [0.2, 0.25) is 0 Å². The van der Waals surface area contributed by atoms with Crippen LogP contribution in [0.4, 0.5) is 5.95 Å². The Morgan fingerprint density at radius 1 is 1.36 bits per heavy atom. The number of hydrogen-bond donors (Lipinski definition) is 1. The zero-order chi connectivity index (χ0) is 10.1. The summed E-state index contributed by atoms with van der Waals surface area (Å²) in [5.74, 6) is 0.769. The zero-order valence-electron chi connectivity index (χ0n) is 7.35. The lowest BCUT2D eigenvalue weighted by atomic mass is 10.4. The van der Waals surface area contributed by atoms with Crippen LogP contribution in [0.15, 0.2) is 16.9 Å². The smallest absolute Gasteiger partial charge is 0.240 e. The Morgan fingerprint density at radius 2 is 2.14 bits per heavy atom. The van der Waals surface area contributed by atoms with Gasteiger partial charge in [0.25, 0.3) is 0 Å². The number of nitrogens with two attached hydrogens (primary N) is 1. The molecule has 0 radical (unpaired) electrons. The summed E-state index contributed by atoms with van der Waals surface area (Å²) in [6.07, 6.45) is 0. The molecule has 2 N–H and O–H groups in total. The van der Waals surface area contributed by atoms with Crippen molar-refractivity contribution in [3.05, 3.63) is 22.6 Å². The van der Waals surface area contributed by atoms with Crippen molar-refractivity contribution in [3.8, 4) is 5.82 Å². The molecule has 0 saturated carbocycles. The molecule has 0 unspecified atom stereocenters. The van der Waals surface area contributed by atoms with Crippen molar-refractivity contribution < 1.29 is 0 Å². The molecule has 0 fully saturated rings. The molecule has 7 heteroatoms. The molecule has 0 aliphatic heterocycles. The van der Waals surface area contributed by atoms with Crippen molar-refractivity contribution in [2.24, 2.45) is 0 Å². The van der Waals surface area contributed by atoms with Gasteiger partial charge in [0.2, 0.25) is 10.7 Å². The number of aromatic nitrogens is 5. The van der Waals surface area contributed by atoms with Gasteiger partial charge in [-0.25, -0.2) is 0 Å². The molecule has 2 heterocycles. The van der Waals surface area contributed by atoms with Crippen LogP contribution in [0, 0.1) is 6.92 Å². The molecule has 0 spiro atoms. The second-order valence-corrected chi connectivity index (χ2v) is 3.39. The number of nitrogen functional groups attached to an aromatic ring is 1. The molecule has 14 heavy (non-hydrogen) atoms. The van der Waals surface area contributed by atoms with Crippen LogP contribution in [0.5, 0.6) is 0 Å². The van der Waals surface area contributed by atoms with Gasteiger partial charge in [0.1, 0.15) is 0 Å². The van der Waals surface area contributed by atoms with Crippen LogP contribution < -0.4 is 5.73 Å². The average Bonchev–Trinajstić information content (AvgIpc) is 2.47. The largest absolute Gasteiger partial charge is 0.366 e. The highest BCUT2D eigenvalue weighted by molar-refractivity contribution is 9.10. The van der Waals surface area contributed by atoms with Gasteiger partial charge in [-0.2, -0.15) is 14.8 Å². The summed E-state index contributed by atoms with van der Waals surface area (Å²) in [4.78, 5) is 3.89. The van der Waals surface area contributed by atoms with Crippen LogP contribution >= 0.6 is 15.9 Å². The lowest BCUT2D eigenvalue weighted by Gasteiger charge is -1.98. The quantitative estimate of drug-likeness (QED) is 0.811. The molecule has 2 aromatic rings. The van der Waals surface area contributed by atoms with Gasteiger partial charge < -0.3 is 5.73 Å². The second kappa shape index (κ2) is 3.33. The summed E-state index contributed by atoms with van der Waals surface area (Å²) in [6.45, 7) is 1.86. The SMILES string of the molecule is Cc1ccc(-n2nc(N)nc2Br)nn1. The Bertz CT molecular complexity index is 448. The Labute approximate surface area is 88.3 Å². The van der Waals surface area contributed by atoms with Gasteiger partial charge in [0.05, 0.1) is 5.69 Å². The molecular formula is C7H7BrN6. The van der Waals surface area contributed by atoms with E-state index in [9.17, 15) is 0 Å². The minimum atomic E-state index is 0.194. The molecule has 72 valence electrons. The number of rotatable bonds is 1. The van der Waals surface area contributed by atoms with Crippen molar-refractivity contribution in [3.63, 3.8) is 0 Å². The van der Waals surface area contributed by atoms with Gasteiger partial charge in [-0.1, -0.05) is 0 Å². The molecule has 2 aromatic heterocycles. The first-order valence-electron chi connectivity index (χ1n) is 3.85. The average molecular weight is 255 g/mol. The van der Waals surface area contributed by atoms with E-state index in [1.165, 1.54) is 4.68 Å². The van der Waals surface area contributed by atoms with Gasteiger partial charge in [-0.05, 0) is 35.0 Å². The standard InChI is InChI=1S/C7H7BrN6/c1-4-2-3-5(12-11-4)14-6(8)10-7(9)13-14/h2-3H,1H3,(H2,9,13). The van der Waals surface area contributed by atoms with E-state index in [-0.39, 0.29) is 5.95 Å². The van der Waals surface area contributed by atoms with Crippen LogP contribution in [-0.4, -0.2) is 25.0 Å². The fraction of sp³-hybridized carbons (Fsp3) is 0.143. The fourth-order valence-electron chi connectivity index (χ4n) is 0.959. The number of anilines is 1. The molecule has 0 aromatic carbocycles. The highest BCUT2D eigenvalue weighted by Crippen LogP contribution is 2.12. The van der Waals surface area contributed by atoms with Crippen molar-refractivity contribution in [1.82, 2.24) is 25.0 Å². The summed E-state index contributed by atoms with van der Waals surface area (Å²) >= 11 is 3.21. The van der Waals surface area contributed by atoms with Crippen molar-refractivity contribution in [2.75, 3.05) is 5.73 Å². The Morgan fingerprint density at radius 3 is 2.64 bits per heavy atom. The van der Waals surface area contributed by atoms with Crippen molar-refractivity contribution >= 4 is 21.9 Å². The third-order valence-electron chi connectivity index (χ3n) is 1.58. The highest BCUT2D eigenvalue weighted by atomic mass is 79.9. The normalized spacial score (nSPS) is 10.4. The molecular weight excluding hydrogens is 248 g/mol. The van der Waals surface area contributed by atoms with Crippen LogP contribution in [0.1, 0.15) is 5.69 Å². The third kappa shape index (κ3) is 1.58. The van der Waals surface area contributed by atoms with Gasteiger partial charge >= 0.3 is 0 Å². The highest BCUT2D eigenvalue weighted by Gasteiger charge is 2.07. The molecule has 0 aliphatic carbocycles. The molecule has 2 rings (SSSR count). The molecule has 0 aliphatic rings. The maximum absolute atomic E-state index is 5.43. The van der Waals surface area contributed by atoms with E-state index < -0.39 is 0 Å². The summed E-state index contributed by atoms with van der Waals surface area (Å²) in [5, 5.41) is 11.8. The van der Waals surface area contributed by atoms with Crippen LogP contribution in [0.3, 0.4) is 0 Å². The molecule has 6 nitrogen and oxygen atoms in total. The Balaban J connectivity index is 2.49. The van der Waals surface area contributed by atoms with Crippen molar-refractivity contribution in [1.29, 1.82) is 0 Å². The first kappa shape index (κ1) is 9.07. The minimum absolute atomic E-state index is 0.194. The number of nitrogens with zero attached hydrogens (tertiary/aromatic N) is 5. The molecule has 0 atom stereocenters. The Hall–Kier alpha value is -1.50. The third-order valence-corrected chi connectivity index (χ3v) is 2.10. The van der Waals surface area contributed by atoms with Crippen molar-refractivity contribution in [2.45, 2.75) is 6.92 Å². The predicted octanol–water partition coefficient (Wildman–Crippen LogP) is 0.710. The minimum Gasteiger partial charge on any atom is -0.366 e. The van der Waals surface area contributed by atoms with E-state index in [1.807, 2.05) is 13.0 Å². The van der Waals surface area contributed by atoms with Gasteiger partial charge in [0.15, 0.2) is 5.82 Å². The Kier molecular flexibility index (Phi) is 2.16. The maximum Gasteiger partial charge on any atom is 0.240 e. The lowest BCUT2D eigenvalue weighted by molar-refractivity contribution is 0.791. The van der Waals surface area contributed by atoms with E-state index in [0.717, 1.165) is 5.69 Å². The summed E-state index contributed by atoms with van der Waals surface area (Å²) < 4.78 is 1.98. The van der Waals surface area contributed by atoms with Crippen LogP contribution in [-0.2, 0) is 0 Å². The van der Waals surface area contributed by atoms with E-state index in [1.54, 1.807) is 6.07 Å². The maximum atomic E-state index is 5.43. The number of hydrogen-bond acceptors (Lipinski definition) is 5. The summed E-state index contributed by atoms with van der Waals surface area (Å²) in [5.41, 5.74) is 6.27. The molecule has 0 saturated heterocycles. The van der Waals surface area contributed by atoms with Gasteiger partial charge in [-0.15, -0.1) is 10.2 Å². The number of halogens is 1. The predicted molar refractivity (Wildman–Crippen MR) is 53.8 cm³/mol. The molecule has 0 bridgehead atoms. The topological polar surface area (TPSA) is 82.5 Å². The second-order valence-electron chi connectivity index (χ2n) is 2.68. The summed E-state index contributed by atoms with van der Waals surface area (Å²) in [6, 6.07) is 3.63. The first-order chi connectivity index (χ1) is 6.66. The lowest BCUT2D eigenvalue weighted by Crippen LogP contribution is -2.02. The van der Waals surface area contributed by atoms with E-state index >= 15 is 0 Å². The summed E-state index contributed by atoms with van der Waals surface area (Å²) in [7, 11) is 0. The fourth-order valence-corrected chi connectivity index (χ4v) is 1.40. The van der Waals surface area contributed by atoms with Crippen LogP contribution in [0.25, 0.3) is 5.82 Å². The van der Waals surface area contributed by atoms with Gasteiger partial charge in [0, 0.05) is 0 Å². The molecule has 0 amide bonds. The number of aryl methyl sites for hydroxylation is 1. The zero-order valence-corrected chi connectivity index (χ0v) is 8.93. The van der Waals surface area contributed by atoms with E-state index in [4.69, 9.17) is 5.73 Å². The first-order valence-corrected chi connectivity index (χ1v) is 4.65. The van der Waals surface area contributed by atoms with E-state index in [0.29, 0.717) is 10.6 Å². The monoisotopic (exact) mass is 254 g/mol. The van der Waals surface area contributed by atoms with Gasteiger partial charge in [-0.3, -0.25) is 0 Å².